The Labute approximate surface area is 78.8 Å². The van der Waals surface area contributed by atoms with Crippen molar-refractivity contribution in [3.63, 3.8) is 0 Å². The maximum atomic E-state index is 11.9. The van der Waals surface area contributed by atoms with E-state index in [1.54, 1.807) is 0 Å². The van der Waals surface area contributed by atoms with Crippen LogP contribution in [-0.4, -0.2) is 32.0 Å². The average Bonchev–Trinajstić information content (AvgIpc) is 2.88. The molecule has 1 aliphatic carbocycles. The highest BCUT2D eigenvalue weighted by molar-refractivity contribution is 4.93. The molecule has 0 aromatic heterocycles. The van der Waals surface area contributed by atoms with Gasteiger partial charge in [-0.2, -0.15) is 0 Å². The zero-order chi connectivity index (χ0) is 9.10. The van der Waals surface area contributed by atoms with Crippen molar-refractivity contribution in [2.24, 2.45) is 5.92 Å². The summed E-state index contributed by atoms with van der Waals surface area (Å²) >= 11 is 0. The first-order chi connectivity index (χ1) is 6.42. The van der Waals surface area contributed by atoms with Crippen molar-refractivity contribution in [3.8, 4) is 0 Å². The topological polar surface area (TPSA) is 21.3 Å². The fraction of sp³-hybridized carbons (Fsp3) is 1.00. The van der Waals surface area contributed by atoms with Crippen LogP contribution in [0.15, 0.2) is 0 Å². The molecule has 2 unspecified atom stereocenters. The van der Waals surface area contributed by atoms with E-state index in [1.165, 1.54) is 12.8 Å². The lowest BCUT2D eigenvalue weighted by atomic mass is 10.1. The third-order valence-corrected chi connectivity index (χ3v) is 2.94. The second-order valence-corrected chi connectivity index (χ2v) is 4.06. The lowest BCUT2D eigenvalue weighted by Gasteiger charge is -2.18. The highest BCUT2D eigenvalue weighted by atomic mass is 19.1. The van der Waals surface area contributed by atoms with E-state index in [2.05, 4.69) is 5.32 Å². The summed E-state index contributed by atoms with van der Waals surface area (Å²) in [7, 11) is 0. The lowest BCUT2D eigenvalue weighted by molar-refractivity contribution is 0.0811. The van der Waals surface area contributed by atoms with E-state index in [4.69, 9.17) is 4.74 Å². The normalized spacial score (nSPS) is 33.9. The molecule has 0 amide bonds. The van der Waals surface area contributed by atoms with Crippen LogP contribution in [0.4, 0.5) is 4.39 Å². The van der Waals surface area contributed by atoms with Crippen LogP contribution < -0.4 is 5.32 Å². The van der Waals surface area contributed by atoms with Gasteiger partial charge in [-0.3, -0.25) is 4.39 Å². The van der Waals surface area contributed by atoms with Crippen LogP contribution in [-0.2, 0) is 4.74 Å². The van der Waals surface area contributed by atoms with Crippen LogP contribution in [0.25, 0.3) is 0 Å². The molecule has 1 aliphatic heterocycles. The maximum absolute atomic E-state index is 11.9. The lowest BCUT2D eigenvalue weighted by Crippen LogP contribution is -2.38. The standard InChI is InChI=1S/C10H18FNO/c11-5-1-6-12-9-4-7-13-10(9)8-2-3-8/h8-10,12H,1-7H2. The molecule has 0 bridgehead atoms. The molecular formula is C10H18FNO. The molecule has 2 nitrogen and oxygen atoms in total. The van der Waals surface area contributed by atoms with Crippen molar-refractivity contribution in [1.29, 1.82) is 0 Å². The summed E-state index contributed by atoms with van der Waals surface area (Å²) in [4.78, 5) is 0. The summed E-state index contributed by atoms with van der Waals surface area (Å²) in [5.74, 6) is 0.797. The Kier molecular flexibility index (Phi) is 3.17. The average molecular weight is 187 g/mol. The maximum Gasteiger partial charge on any atom is 0.0906 e. The van der Waals surface area contributed by atoms with Gasteiger partial charge in [0.2, 0.25) is 0 Å². The van der Waals surface area contributed by atoms with Gasteiger partial charge in [-0.25, -0.2) is 0 Å². The summed E-state index contributed by atoms with van der Waals surface area (Å²) in [5.41, 5.74) is 0. The minimum atomic E-state index is -0.214. The summed E-state index contributed by atoms with van der Waals surface area (Å²) in [6.45, 7) is 1.47. The van der Waals surface area contributed by atoms with Crippen molar-refractivity contribution in [1.82, 2.24) is 5.32 Å². The van der Waals surface area contributed by atoms with Gasteiger partial charge in [0.25, 0.3) is 0 Å². The Morgan fingerprint density at radius 3 is 2.85 bits per heavy atom. The largest absolute Gasteiger partial charge is 0.376 e. The minimum absolute atomic E-state index is 0.214. The van der Waals surface area contributed by atoms with Crippen LogP contribution in [0.1, 0.15) is 25.7 Å². The number of ether oxygens (including phenoxy) is 1. The van der Waals surface area contributed by atoms with Gasteiger partial charge in [0.05, 0.1) is 12.8 Å². The van der Waals surface area contributed by atoms with E-state index < -0.39 is 0 Å². The number of hydrogen-bond acceptors (Lipinski definition) is 2. The molecule has 0 radical (unpaired) electrons. The van der Waals surface area contributed by atoms with Gasteiger partial charge in [0, 0.05) is 12.6 Å². The fourth-order valence-corrected chi connectivity index (χ4v) is 2.07. The summed E-state index contributed by atoms with van der Waals surface area (Å²) in [6.07, 6.45) is 4.82. The molecule has 2 aliphatic rings. The first-order valence-electron chi connectivity index (χ1n) is 5.33. The smallest absolute Gasteiger partial charge is 0.0906 e. The van der Waals surface area contributed by atoms with Gasteiger partial charge in [-0.15, -0.1) is 0 Å². The molecule has 2 atom stereocenters. The summed E-state index contributed by atoms with van der Waals surface area (Å²) < 4.78 is 17.5. The Balaban J connectivity index is 1.70. The first kappa shape index (κ1) is 9.41. The van der Waals surface area contributed by atoms with Crippen LogP contribution in [0, 0.1) is 5.92 Å². The van der Waals surface area contributed by atoms with Gasteiger partial charge in [0.15, 0.2) is 0 Å². The Hall–Kier alpha value is -0.150. The zero-order valence-electron chi connectivity index (χ0n) is 7.97. The molecule has 2 fully saturated rings. The third kappa shape index (κ3) is 2.41. The number of halogens is 1. The van der Waals surface area contributed by atoms with E-state index >= 15 is 0 Å². The van der Waals surface area contributed by atoms with Crippen molar-refractivity contribution >= 4 is 0 Å². The predicted octanol–water partition coefficient (Wildman–Crippen LogP) is 1.50. The van der Waals surface area contributed by atoms with Crippen molar-refractivity contribution in [2.45, 2.75) is 37.8 Å². The third-order valence-electron chi connectivity index (χ3n) is 2.94. The van der Waals surface area contributed by atoms with E-state index in [0.717, 1.165) is 25.5 Å². The van der Waals surface area contributed by atoms with Gasteiger partial charge >= 0.3 is 0 Å². The Morgan fingerprint density at radius 2 is 2.15 bits per heavy atom. The predicted molar refractivity (Wildman–Crippen MR) is 49.5 cm³/mol. The second kappa shape index (κ2) is 4.38. The molecule has 1 saturated heterocycles. The highest BCUT2D eigenvalue weighted by Gasteiger charge is 2.40. The Morgan fingerprint density at radius 1 is 1.31 bits per heavy atom. The van der Waals surface area contributed by atoms with E-state index in [0.29, 0.717) is 18.6 Å². The van der Waals surface area contributed by atoms with E-state index in [1.807, 2.05) is 0 Å². The number of rotatable bonds is 5. The molecule has 0 spiro atoms. The van der Waals surface area contributed by atoms with Crippen LogP contribution in [0.2, 0.25) is 0 Å². The van der Waals surface area contributed by atoms with Crippen LogP contribution in [0.5, 0.6) is 0 Å². The molecule has 1 N–H and O–H groups in total. The molecular weight excluding hydrogens is 169 g/mol. The SMILES string of the molecule is FCCCNC1CCOC1C1CC1. The molecule has 13 heavy (non-hydrogen) atoms. The highest BCUT2D eigenvalue weighted by Crippen LogP contribution is 2.38. The van der Waals surface area contributed by atoms with Crippen molar-refractivity contribution in [3.05, 3.63) is 0 Å². The molecule has 0 aromatic carbocycles. The Bertz CT molecular complexity index is 161. The molecule has 2 rings (SSSR count). The van der Waals surface area contributed by atoms with Crippen molar-refractivity contribution < 1.29 is 9.13 Å². The summed E-state index contributed by atoms with van der Waals surface area (Å²) in [5, 5.41) is 3.39. The molecule has 3 heteroatoms. The van der Waals surface area contributed by atoms with Crippen LogP contribution in [0.3, 0.4) is 0 Å². The van der Waals surface area contributed by atoms with Gasteiger partial charge in [-0.05, 0) is 38.1 Å². The molecule has 0 aromatic rings. The van der Waals surface area contributed by atoms with Gasteiger partial charge < -0.3 is 10.1 Å². The second-order valence-electron chi connectivity index (χ2n) is 4.06. The molecule has 1 heterocycles. The molecule has 76 valence electrons. The number of alkyl halides is 1. The van der Waals surface area contributed by atoms with E-state index in [-0.39, 0.29) is 6.67 Å². The van der Waals surface area contributed by atoms with Gasteiger partial charge in [-0.1, -0.05) is 0 Å². The quantitative estimate of drug-likeness (QED) is 0.659. The molecule has 1 saturated carbocycles. The van der Waals surface area contributed by atoms with Crippen LogP contribution >= 0.6 is 0 Å². The zero-order valence-corrected chi connectivity index (χ0v) is 7.97. The minimum Gasteiger partial charge on any atom is -0.376 e. The summed E-state index contributed by atoms with van der Waals surface area (Å²) in [6, 6.07) is 0.499. The first-order valence-corrected chi connectivity index (χ1v) is 5.33. The monoisotopic (exact) mass is 187 g/mol. The number of nitrogens with one attached hydrogen (secondary N) is 1. The fourth-order valence-electron chi connectivity index (χ4n) is 2.07. The van der Waals surface area contributed by atoms with Gasteiger partial charge in [0.1, 0.15) is 0 Å². The van der Waals surface area contributed by atoms with Crippen molar-refractivity contribution in [2.75, 3.05) is 19.8 Å². The van der Waals surface area contributed by atoms with E-state index in [9.17, 15) is 4.39 Å². The number of hydrogen-bond donors (Lipinski definition) is 1.